The number of carbonyl (C=O) groups excluding carboxylic acids is 1. The van der Waals surface area contributed by atoms with Gasteiger partial charge in [0.25, 0.3) is 5.91 Å². The molecule has 11 heteroatoms. The highest BCUT2D eigenvalue weighted by molar-refractivity contribution is 7.06. The van der Waals surface area contributed by atoms with Crippen LogP contribution in [-0.2, 0) is 0 Å². The average Bonchev–Trinajstić information content (AvgIpc) is 3.26. The first-order chi connectivity index (χ1) is 16.9. The molecule has 1 N–H and O–H groups in total. The van der Waals surface area contributed by atoms with Crippen LogP contribution in [-0.4, -0.2) is 44.8 Å². The van der Waals surface area contributed by atoms with E-state index in [0.717, 1.165) is 29.3 Å². The molecule has 0 saturated carbocycles. The molecule has 3 aromatic rings. The van der Waals surface area contributed by atoms with Gasteiger partial charge in [0.15, 0.2) is 23.0 Å². The van der Waals surface area contributed by atoms with E-state index in [-0.39, 0.29) is 24.7 Å². The Hall–Kier alpha value is -3.47. The average molecular weight is 503 g/mol. The lowest BCUT2D eigenvalue weighted by Crippen LogP contribution is -2.55. The number of hydrogen-bond donors (Lipinski definition) is 1. The lowest BCUT2D eigenvalue weighted by atomic mass is 10.0. The minimum Gasteiger partial charge on any atom is -0.502 e. The second-order valence-electron chi connectivity index (χ2n) is 8.69. The van der Waals surface area contributed by atoms with Gasteiger partial charge in [0.1, 0.15) is 12.7 Å². The van der Waals surface area contributed by atoms with E-state index in [2.05, 4.69) is 4.37 Å². The smallest absolute Gasteiger partial charge is 0.277 e. The predicted molar refractivity (Wildman–Crippen MR) is 126 cm³/mol. The van der Waals surface area contributed by atoms with E-state index in [0.29, 0.717) is 24.9 Å². The van der Waals surface area contributed by atoms with Crippen molar-refractivity contribution in [1.29, 1.82) is 0 Å². The van der Waals surface area contributed by atoms with E-state index in [9.17, 15) is 19.1 Å². The number of hydrogen-bond acceptors (Lipinski definition) is 7. The summed E-state index contributed by atoms with van der Waals surface area (Å²) in [6.45, 7) is 2.58. The lowest BCUT2D eigenvalue weighted by Gasteiger charge is -2.43. The summed E-state index contributed by atoms with van der Waals surface area (Å²) in [7, 11) is 0. The first-order valence-electron chi connectivity index (χ1n) is 11.4. The summed E-state index contributed by atoms with van der Waals surface area (Å²) in [5.74, 6) is -3.43. The van der Waals surface area contributed by atoms with Crippen LogP contribution in [0.1, 0.15) is 58.2 Å². The Morgan fingerprint density at radius 2 is 1.94 bits per heavy atom. The summed E-state index contributed by atoms with van der Waals surface area (Å²) in [5, 5.41) is 12.3. The highest BCUT2D eigenvalue weighted by atomic mass is 32.1. The van der Waals surface area contributed by atoms with Crippen LogP contribution in [0.5, 0.6) is 11.5 Å². The number of nitrogens with zero attached hydrogens (tertiary/aromatic N) is 4. The Bertz CT molecular complexity index is 1340. The highest BCUT2D eigenvalue weighted by Gasteiger charge is 2.39. The van der Waals surface area contributed by atoms with E-state index in [1.807, 2.05) is 6.92 Å². The van der Waals surface area contributed by atoms with Crippen molar-refractivity contribution in [2.45, 2.75) is 38.6 Å². The highest BCUT2D eigenvalue weighted by Crippen LogP contribution is 2.41. The third-order valence-electron chi connectivity index (χ3n) is 6.41. The third-order valence-corrected chi connectivity index (χ3v) is 7.37. The molecule has 0 aliphatic carbocycles. The predicted octanol–water partition coefficient (Wildman–Crippen LogP) is 3.69. The lowest BCUT2D eigenvalue weighted by molar-refractivity contribution is 0.0676. The second kappa shape index (κ2) is 9.29. The topological polar surface area (TPSA) is 87.9 Å². The molecule has 2 bridgehead atoms. The minimum absolute atomic E-state index is 0.0919. The molecule has 4 heterocycles. The Labute approximate surface area is 204 Å². The number of aromatic nitrogens is 2. The van der Waals surface area contributed by atoms with Crippen LogP contribution in [0.15, 0.2) is 35.4 Å². The molecule has 0 saturated heterocycles. The van der Waals surface area contributed by atoms with Crippen LogP contribution in [0.3, 0.4) is 0 Å². The maximum atomic E-state index is 15.1. The number of carbonyl (C=O) groups is 1. The van der Waals surface area contributed by atoms with E-state index < -0.39 is 34.8 Å². The van der Waals surface area contributed by atoms with Gasteiger partial charge in [-0.05, 0) is 49.0 Å². The number of pyridine rings is 1. The van der Waals surface area contributed by atoms with Gasteiger partial charge in [-0.1, -0.05) is 12.8 Å². The largest absolute Gasteiger partial charge is 0.502 e. The number of amides is 1. The van der Waals surface area contributed by atoms with Crippen molar-refractivity contribution in [3.8, 4) is 11.5 Å². The fourth-order valence-electron chi connectivity index (χ4n) is 4.61. The maximum absolute atomic E-state index is 15.1. The molecule has 1 atom stereocenters. The zero-order valence-corrected chi connectivity index (χ0v) is 19.9. The summed E-state index contributed by atoms with van der Waals surface area (Å²) in [6.07, 6.45) is 6.03. The molecular formula is C24H24F2N4O4S. The maximum Gasteiger partial charge on any atom is 0.277 e. The van der Waals surface area contributed by atoms with Crippen molar-refractivity contribution >= 4 is 17.4 Å². The van der Waals surface area contributed by atoms with Crippen LogP contribution in [0, 0.1) is 18.6 Å². The molecule has 2 aliphatic rings. The van der Waals surface area contributed by atoms with Gasteiger partial charge >= 0.3 is 0 Å². The third kappa shape index (κ3) is 4.03. The van der Waals surface area contributed by atoms with Crippen LogP contribution in [0.4, 0.5) is 8.78 Å². The Morgan fingerprint density at radius 3 is 2.71 bits per heavy atom. The van der Waals surface area contributed by atoms with Gasteiger partial charge in [0, 0.05) is 30.6 Å². The number of ether oxygens (including phenoxy) is 1. The summed E-state index contributed by atoms with van der Waals surface area (Å²) < 4.78 is 41.0. The molecule has 0 radical (unpaired) electrons. The molecular weight excluding hydrogens is 478 g/mol. The van der Waals surface area contributed by atoms with Gasteiger partial charge in [0.05, 0.1) is 11.5 Å². The number of fused-ring (bicyclic) bond motifs is 5. The Morgan fingerprint density at radius 1 is 1.14 bits per heavy atom. The van der Waals surface area contributed by atoms with E-state index in [1.54, 1.807) is 16.1 Å². The first kappa shape index (κ1) is 23.3. The van der Waals surface area contributed by atoms with Crippen molar-refractivity contribution in [1.82, 2.24) is 13.9 Å². The van der Waals surface area contributed by atoms with Gasteiger partial charge in [0.2, 0.25) is 11.2 Å². The molecule has 0 unspecified atom stereocenters. The minimum atomic E-state index is -1.09. The summed E-state index contributed by atoms with van der Waals surface area (Å²) in [5.41, 5.74) is 0.326. The summed E-state index contributed by atoms with van der Waals surface area (Å²) in [6, 6.07) is 2.95. The molecule has 35 heavy (non-hydrogen) atoms. The van der Waals surface area contributed by atoms with Gasteiger partial charge in [-0.2, -0.15) is 4.39 Å². The number of aryl methyl sites for hydroxylation is 1. The number of rotatable bonds is 1. The Kier molecular flexibility index (Phi) is 6.18. The van der Waals surface area contributed by atoms with Crippen molar-refractivity contribution in [2.75, 3.05) is 24.8 Å². The van der Waals surface area contributed by atoms with Gasteiger partial charge in [-0.3, -0.25) is 19.3 Å². The second-order valence-corrected chi connectivity index (χ2v) is 9.52. The zero-order chi connectivity index (χ0) is 24.7. The quantitative estimate of drug-likeness (QED) is 0.546. The molecule has 1 aromatic carbocycles. The van der Waals surface area contributed by atoms with Crippen LogP contribution < -0.4 is 15.2 Å². The van der Waals surface area contributed by atoms with Crippen LogP contribution in [0.2, 0.25) is 0 Å². The number of halogens is 2. The normalized spacial score (nSPS) is 18.6. The monoisotopic (exact) mass is 502 g/mol. The fourth-order valence-corrected chi connectivity index (χ4v) is 5.48. The molecule has 2 aliphatic heterocycles. The molecule has 0 spiro atoms. The molecule has 0 fully saturated rings. The molecule has 2 aromatic heterocycles. The van der Waals surface area contributed by atoms with Gasteiger partial charge < -0.3 is 14.7 Å². The van der Waals surface area contributed by atoms with Gasteiger partial charge in [-0.15, -0.1) is 0 Å². The molecule has 8 nitrogen and oxygen atoms in total. The van der Waals surface area contributed by atoms with Crippen molar-refractivity contribution < 1.29 is 23.4 Å². The van der Waals surface area contributed by atoms with Crippen molar-refractivity contribution in [2.24, 2.45) is 0 Å². The van der Waals surface area contributed by atoms with E-state index in [4.69, 9.17) is 4.74 Å². The standard InChI is InChI=1S/C24H24F2N4O4S/c1-14-12-27-35-23(14)19-15-6-7-16(25)18(26)22(15)34-11-5-3-2-4-9-28-13-30(19)29-10-8-17(31)21(32)20(29)24(28)33/h6-8,10,12,19,32H,2-5,9,11,13H2,1H3/t19-/m1/s1. The Balaban J connectivity index is 1.79. The first-order valence-corrected chi connectivity index (χ1v) is 12.2. The van der Waals surface area contributed by atoms with Crippen molar-refractivity contribution in [3.63, 3.8) is 0 Å². The van der Waals surface area contributed by atoms with E-state index >= 15 is 4.39 Å². The van der Waals surface area contributed by atoms with Crippen LogP contribution in [0.25, 0.3) is 0 Å². The zero-order valence-electron chi connectivity index (χ0n) is 19.0. The molecule has 1 amide bonds. The fraction of sp³-hybridized carbons (Fsp3) is 0.375. The van der Waals surface area contributed by atoms with E-state index in [1.165, 1.54) is 34.5 Å². The number of benzene rings is 1. The van der Waals surface area contributed by atoms with Gasteiger partial charge in [-0.25, -0.2) is 8.76 Å². The van der Waals surface area contributed by atoms with Crippen LogP contribution >= 0.6 is 11.5 Å². The number of aromatic hydroxyl groups is 1. The summed E-state index contributed by atoms with van der Waals surface area (Å²) in [4.78, 5) is 27.9. The SMILES string of the molecule is Cc1cnsc1[C@H]1c2ccc(F)c(F)c2OCCCCCCN2CN1n1ccc(=O)c(O)c1C2=O. The molecule has 5 rings (SSSR count). The molecule has 184 valence electrons. The van der Waals surface area contributed by atoms with Crippen molar-refractivity contribution in [3.05, 3.63) is 74.1 Å². The summed E-state index contributed by atoms with van der Waals surface area (Å²) >= 11 is 1.19.